The molecule has 1 aromatic rings. The van der Waals surface area contributed by atoms with Crippen molar-refractivity contribution in [3.63, 3.8) is 0 Å². The SMILES string of the molecule is Nc1cncc(NC2CCOC2C2CC2)n1. The van der Waals surface area contributed by atoms with Crippen molar-refractivity contribution in [2.24, 2.45) is 5.92 Å². The quantitative estimate of drug-likeness (QED) is 0.796. The maximum absolute atomic E-state index is 5.75. The van der Waals surface area contributed by atoms with E-state index in [1.807, 2.05) is 0 Å². The van der Waals surface area contributed by atoms with Gasteiger partial charge in [-0.2, -0.15) is 0 Å². The molecule has 3 rings (SSSR count). The lowest BCUT2D eigenvalue weighted by Crippen LogP contribution is -2.31. The number of ether oxygens (including phenoxy) is 1. The summed E-state index contributed by atoms with van der Waals surface area (Å²) < 4.78 is 5.75. The summed E-state index contributed by atoms with van der Waals surface area (Å²) in [6.07, 6.45) is 7.24. The molecule has 2 aliphatic rings. The Bertz CT molecular complexity index is 380. The predicted octanol–water partition coefficient (Wildman–Crippen LogP) is 1.04. The largest absolute Gasteiger partial charge is 0.382 e. The van der Waals surface area contributed by atoms with Crippen molar-refractivity contribution in [2.45, 2.75) is 31.4 Å². The normalized spacial score (nSPS) is 29.2. The van der Waals surface area contributed by atoms with E-state index in [4.69, 9.17) is 10.5 Å². The van der Waals surface area contributed by atoms with Gasteiger partial charge in [0.15, 0.2) is 0 Å². The molecule has 0 aromatic carbocycles. The van der Waals surface area contributed by atoms with E-state index in [0.29, 0.717) is 18.0 Å². The maximum atomic E-state index is 5.75. The molecule has 0 amide bonds. The molecule has 1 saturated heterocycles. The number of nitrogen functional groups attached to an aromatic ring is 1. The van der Waals surface area contributed by atoms with Gasteiger partial charge in [-0.1, -0.05) is 0 Å². The molecular formula is C11H16N4O. The Labute approximate surface area is 94.4 Å². The van der Waals surface area contributed by atoms with E-state index in [9.17, 15) is 0 Å². The average molecular weight is 220 g/mol. The zero-order valence-electron chi connectivity index (χ0n) is 9.10. The highest BCUT2D eigenvalue weighted by molar-refractivity contribution is 5.39. The number of anilines is 2. The summed E-state index contributed by atoms with van der Waals surface area (Å²) in [5.41, 5.74) is 5.59. The molecule has 0 spiro atoms. The van der Waals surface area contributed by atoms with E-state index in [1.54, 1.807) is 12.4 Å². The van der Waals surface area contributed by atoms with Crippen LogP contribution >= 0.6 is 0 Å². The molecule has 3 N–H and O–H groups in total. The second kappa shape index (κ2) is 3.90. The van der Waals surface area contributed by atoms with Gasteiger partial charge in [0.2, 0.25) is 0 Å². The van der Waals surface area contributed by atoms with Gasteiger partial charge in [0.05, 0.1) is 24.5 Å². The Balaban J connectivity index is 1.69. The molecule has 1 aromatic heterocycles. The molecule has 1 aliphatic carbocycles. The van der Waals surface area contributed by atoms with Crippen LogP contribution in [0.5, 0.6) is 0 Å². The smallest absolute Gasteiger partial charge is 0.147 e. The number of rotatable bonds is 3. The number of nitrogens with one attached hydrogen (secondary N) is 1. The Hall–Kier alpha value is -1.36. The summed E-state index contributed by atoms with van der Waals surface area (Å²) in [5.74, 6) is 1.95. The lowest BCUT2D eigenvalue weighted by atomic mass is 10.1. The Morgan fingerprint density at radius 2 is 2.19 bits per heavy atom. The van der Waals surface area contributed by atoms with Gasteiger partial charge in [0.1, 0.15) is 11.6 Å². The first kappa shape index (κ1) is 9.84. The van der Waals surface area contributed by atoms with E-state index in [1.165, 1.54) is 12.8 Å². The van der Waals surface area contributed by atoms with E-state index < -0.39 is 0 Å². The summed E-state index contributed by atoms with van der Waals surface area (Å²) >= 11 is 0. The average Bonchev–Trinajstić information content (AvgIpc) is 3.00. The summed E-state index contributed by atoms with van der Waals surface area (Å²) in [4.78, 5) is 8.22. The van der Waals surface area contributed by atoms with Gasteiger partial charge in [0, 0.05) is 6.61 Å². The number of hydrogen-bond donors (Lipinski definition) is 2. The van der Waals surface area contributed by atoms with Crippen LogP contribution in [0.1, 0.15) is 19.3 Å². The summed E-state index contributed by atoms with van der Waals surface area (Å²) in [6.45, 7) is 0.842. The zero-order chi connectivity index (χ0) is 11.0. The molecule has 0 radical (unpaired) electrons. The van der Waals surface area contributed by atoms with Gasteiger partial charge in [-0.15, -0.1) is 0 Å². The van der Waals surface area contributed by atoms with Crippen LogP contribution in [0, 0.1) is 5.92 Å². The summed E-state index contributed by atoms with van der Waals surface area (Å²) in [5, 5.41) is 3.37. The van der Waals surface area contributed by atoms with E-state index >= 15 is 0 Å². The van der Waals surface area contributed by atoms with Crippen molar-refractivity contribution in [3.8, 4) is 0 Å². The third-order valence-electron chi connectivity index (χ3n) is 3.21. The fraction of sp³-hybridized carbons (Fsp3) is 0.636. The van der Waals surface area contributed by atoms with Crippen LogP contribution in [0.4, 0.5) is 11.6 Å². The minimum absolute atomic E-state index is 0.350. The van der Waals surface area contributed by atoms with Crippen LogP contribution in [0.25, 0.3) is 0 Å². The lowest BCUT2D eigenvalue weighted by Gasteiger charge is -2.19. The van der Waals surface area contributed by atoms with Crippen molar-refractivity contribution >= 4 is 11.6 Å². The molecule has 5 nitrogen and oxygen atoms in total. The van der Waals surface area contributed by atoms with Crippen LogP contribution in [0.15, 0.2) is 12.4 Å². The van der Waals surface area contributed by atoms with E-state index in [-0.39, 0.29) is 0 Å². The number of aromatic nitrogens is 2. The van der Waals surface area contributed by atoms with Gasteiger partial charge < -0.3 is 15.8 Å². The van der Waals surface area contributed by atoms with Gasteiger partial charge in [0.25, 0.3) is 0 Å². The zero-order valence-corrected chi connectivity index (χ0v) is 9.10. The van der Waals surface area contributed by atoms with Gasteiger partial charge >= 0.3 is 0 Å². The first-order chi connectivity index (χ1) is 7.83. The first-order valence-electron chi connectivity index (χ1n) is 5.78. The second-order valence-corrected chi connectivity index (χ2v) is 4.54. The topological polar surface area (TPSA) is 73.1 Å². The highest BCUT2D eigenvalue weighted by Gasteiger charge is 2.40. The van der Waals surface area contributed by atoms with Crippen LogP contribution < -0.4 is 11.1 Å². The van der Waals surface area contributed by atoms with Crippen LogP contribution in [0.2, 0.25) is 0 Å². The minimum atomic E-state index is 0.350. The monoisotopic (exact) mass is 220 g/mol. The molecular weight excluding hydrogens is 204 g/mol. The molecule has 2 unspecified atom stereocenters. The van der Waals surface area contributed by atoms with Crippen molar-refractivity contribution < 1.29 is 4.74 Å². The lowest BCUT2D eigenvalue weighted by molar-refractivity contribution is 0.0898. The predicted molar refractivity (Wildman–Crippen MR) is 60.9 cm³/mol. The van der Waals surface area contributed by atoms with Crippen molar-refractivity contribution in [3.05, 3.63) is 12.4 Å². The van der Waals surface area contributed by atoms with Gasteiger partial charge in [-0.3, -0.25) is 4.98 Å². The molecule has 1 aliphatic heterocycles. The fourth-order valence-corrected chi connectivity index (χ4v) is 2.30. The summed E-state index contributed by atoms with van der Waals surface area (Å²) in [7, 11) is 0. The maximum Gasteiger partial charge on any atom is 0.147 e. The van der Waals surface area contributed by atoms with Crippen LogP contribution in [0.3, 0.4) is 0 Å². The standard InChI is InChI=1S/C11H16N4O/c12-9-5-13-6-10(15-9)14-8-3-4-16-11(8)7-1-2-7/h5-8,11H,1-4H2,(H3,12,14,15). The van der Waals surface area contributed by atoms with Gasteiger partial charge in [-0.25, -0.2) is 4.98 Å². The Morgan fingerprint density at radius 1 is 1.31 bits per heavy atom. The molecule has 2 heterocycles. The van der Waals surface area contributed by atoms with Crippen molar-refractivity contribution in [1.82, 2.24) is 9.97 Å². The Morgan fingerprint density at radius 3 is 2.94 bits per heavy atom. The molecule has 0 bridgehead atoms. The van der Waals surface area contributed by atoms with Crippen LogP contribution in [-0.4, -0.2) is 28.7 Å². The first-order valence-corrected chi connectivity index (χ1v) is 5.78. The van der Waals surface area contributed by atoms with Crippen LogP contribution in [-0.2, 0) is 4.74 Å². The molecule has 86 valence electrons. The van der Waals surface area contributed by atoms with Crippen molar-refractivity contribution in [2.75, 3.05) is 17.7 Å². The van der Waals surface area contributed by atoms with Crippen molar-refractivity contribution in [1.29, 1.82) is 0 Å². The third-order valence-corrected chi connectivity index (χ3v) is 3.21. The summed E-state index contributed by atoms with van der Waals surface area (Å²) in [6, 6.07) is 0.364. The highest BCUT2D eigenvalue weighted by atomic mass is 16.5. The highest BCUT2D eigenvalue weighted by Crippen LogP contribution is 2.39. The number of nitrogens with two attached hydrogens (primary N) is 1. The van der Waals surface area contributed by atoms with E-state index in [2.05, 4.69) is 15.3 Å². The molecule has 16 heavy (non-hydrogen) atoms. The van der Waals surface area contributed by atoms with Gasteiger partial charge in [-0.05, 0) is 25.2 Å². The molecule has 1 saturated carbocycles. The molecule has 5 heteroatoms. The fourth-order valence-electron chi connectivity index (χ4n) is 2.30. The molecule has 2 fully saturated rings. The number of nitrogens with zero attached hydrogens (tertiary/aromatic N) is 2. The number of hydrogen-bond acceptors (Lipinski definition) is 5. The Kier molecular flexibility index (Phi) is 2.40. The van der Waals surface area contributed by atoms with E-state index in [0.717, 1.165) is 24.8 Å². The second-order valence-electron chi connectivity index (χ2n) is 4.54. The molecule has 2 atom stereocenters. The minimum Gasteiger partial charge on any atom is -0.382 e. The third kappa shape index (κ3) is 1.95.